The smallest absolute Gasteiger partial charge is 0.263 e. The Morgan fingerprint density at radius 2 is 1.67 bits per heavy atom. The monoisotopic (exact) mass is 365 g/mol. The van der Waals surface area contributed by atoms with Gasteiger partial charge in [0, 0.05) is 6.26 Å². The van der Waals surface area contributed by atoms with Gasteiger partial charge in [-0.25, -0.2) is 16.8 Å². The maximum Gasteiger partial charge on any atom is 0.264 e. The Morgan fingerprint density at radius 1 is 1.04 bits per heavy atom. The highest BCUT2D eigenvalue weighted by Gasteiger charge is 2.27. The zero-order chi connectivity index (χ0) is 18.0. The van der Waals surface area contributed by atoms with Gasteiger partial charge in [-0.2, -0.15) is 0 Å². The van der Waals surface area contributed by atoms with Crippen LogP contribution in [0.25, 0.3) is 0 Å². The van der Waals surface area contributed by atoms with Gasteiger partial charge in [0.1, 0.15) is 0 Å². The molecule has 0 aromatic heterocycles. The van der Waals surface area contributed by atoms with Crippen molar-refractivity contribution in [1.29, 1.82) is 0 Å². The van der Waals surface area contributed by atoms with Crippen LogP contribution in [0.5, 0.6) is 0 Å². The Balaban J connectivity index is 2.66. The molecule has 0 fully saturated rings. The van der Waals surface area contributed by atoms with Crippen LogP contribution in [0.4, 0.5) is 5.69 Å². The largest absolute Gasteiger partial charge is 0.264 e. The van der Waals surface area contributed by atoms with Crippen molar-refractivity contribution in [1.82, 2.24) is 0 Å². The average Bonchev–Trinajstić information content (AvgIpc) is 2.52. The van der Waals surface area contributed by atoms with Gasteiger partial charge in [-0.15, -0.1) is 6.58 Å². The summed E-state index contributed by atoms with van der Waals surface area (Å²) in [7, 11) is -7.44. The van der Waals surface area contributed by atoms with Gasteiger partial charge in [-0.05, 0) is 36.8 Å². The van der Waals surface area contributed by atoms with Crippen molar-refractivity contribution in [3.63, 3.8) is 0 Å². The fourth-order valence-electron chi connectivity index (χ4n) is 2.26. The van der Waals surface area contributed by atoms with Gasteiger partial charge >= 0.3 is 0 Å². The lowest BCUT2D eigenvalue weighted by Gasteiger charge is -2.24. The first-order chi connectivity index (χ1) is 11.2. The number of sulfone groups is 1. The van der Waals surface area contributed by atoms with Crippen molar-refractivity contribution in [3.05, 3.63) is 66.7 Å². The van der Waals surface area contributed by atoms with E-state index in [2.05, 4.69) is 6.58 Å². The number of nitrogens with zero attached hydrogens (tertiary/aromatic N) is 1. The zero-order valence-corrected chi connectivity index (χ0v) is 15.1. The number of hydrogen-bond donors (Lipinski definition) is 0. The fourth-order valence-corrected chi connectivity index (χ4v) is 4.67. The lowest BCUT2D eigenvalue weighted by Crippen LogP contribution is -2.31. The summed E-state index contributed by atoms with van der Waals surface area (Å²) >= 11 is 0. The van der Waals surface area contributed by atoms with Crippen LogP contribution in [-0.4, -0.2) is 29.6 Å². The molecule has 0 radical (unpaired) electrons. The third-order valence-electron chi connectivity index (χ3n) is 3.49. The minimum atomic E-state index is -3.93. The van der Waals surface area contributed by atoms with Crippen molar-refractivity contribution in [2.45, 2.75) is 16.7 Å². The molecule has 0 saturated carbocycles. The summed E-state index contributed by atoms with van der Waals surface area (Å²) in [6, 6.07) is 12.7. The minimum Gasteiger partial charge on any atom is -0.263 e. The molecule has 0 bridgehead atoms. The first kappa shape index (κ1) is 18.2. The van der Waals surface area contributed by atoms with Gasteiger partial charge in [0.05, 0.1) is 22.0 Å². The molecule has 7 heteroatoms. The van der Waals surface area contributed by atoms with Gasteiger partial charge in [-0.1, -0.05) is 30.3 Å². The minimum absolute atomic E-state index is 0.0294. The first-order valence-corrected chi connectivity index (χ1v) is 10.5. The maximum absolute atomic E-state index is 13.1. The number of anilines is 1. The lowest BCUT2D eigenvalue weighted by atomic mass is 10.2. The van der Waals surface area contributed by atoms with Crippen LogP contribution in [0.2, 0.25) is 0 Å². The van der Waals surface area contributed by atoms with Crippen molar-refractivity contribution >= 4 is 25.5 Å². The van der Waals surface area contributed by atoms with Crippen LogP contribution in [-0.2, 0) is 19.9 Å². The third kappa shape index (κ3) is 3.68. The predicted molar refractivity (Wildman–Crippen MR) is 95.5 cm³/mol. The van der Waals surface area contributed by atoms with E-state index >= 15 is 0 Å². The molecule has 0 atom stereocenters. The molecule has 0 saturated heterocycles. The lowest BCUT2D eigenvalue weighted by molar-refractivity contribution is 0.591. The topological polar surface area (TPSA) is 71.5 Å². The highest BCUT2D eigenvalue weighted by molar-refractivity contribution is 7.93. The van der Waals surface area contributed by atoms with Gasteiger partial charge in [-0.3, -0.25) is 4.31 Å². The Kier molecular flexibility index (Phi) is 5.15. The SMILES string of the molecule is C=CCN(c1ccccc1)S(=O)(=O)c1cc(S(C)(=O)=O)ccc1C. The number of rotatable bonds is 6. The third-order valence-corrected chi connectivity index (χ3v) is 6.54. The molecule has 0 N–H and O–H groups in total. The molecule has 2 aromatic carbocycles. The van der Waals surface area contributed by atoms with Crippen molar-refractivity contribution < 1.29 is 16.8 Å². The van der Waals surface area contributed by atoms with Gasteiger partial charge in [0.2, 0.25) is 0 Å². The Labute approximate surface area is 143 Å². The number of benzene rings is 2. The average molecular weight is 365 g/mol. The fraction of sp³-hybridized carbons (Fsp3) is 0.176. The van der Waals surface area contributed by atoms with E-state index in [1.807, 2.05) is 0 Å². The highest BCUT2D eigenvalue weighted by atomic mass is 32.2. The van der Waals surface area contributed by atoms with Crippen LogP contribution >= 0.6 is 0 Å². The molecule has 2 rings (SSSR count). The van der Waals surface area contributed by atoms with E-state index in [9.17, 15) is 16.8 Å². The number of para-hydroxylation sites is 1. The van der Waals surface area contributed by atoms with Crippen LogP contribution < -0.4 is 4.31 Å². The molecular weight excluding hydrogens is 346 g/mol. The van der Waals surface area contributed by atoms with Crippen molar-refractivity contribution in [2.24, 2.45) is 0 Å². The molecule has 128 valence electrons. The highest BCUT2D eigenvalue weighted by Crippen LogP contribution is 2.27. The molecule has 0 spiro atoms. The van der Waals surface area contributed by atoms with E-state index in [0.29, 0.717) is 11.3 Å². The summed E-state index contributed by atoms with van der Waals surface area (Å²) in [6.07, 6.45) is 2.53. The molecule has 0 aliphatic heterocycles. The molecule has 5 nitrogen and oxygen atoms in total. The molecule has 0 aliphatic rings. The molecule has 24 heavy (non-hydrogen) atoms. The summed E-state index contributed by atoms with van der Waals surface area (Å²) in [5.74, 6) is 0. The second-order valence-corrected chi connectivity index (χ2v) is 9.21. The Morgan fingerprint density at radius 3 is 2.21 bits per heavy atom. The van der Waals surface area contributed by atoms with E-state index in [-0.39, 0.29) is 16.3 Å². The maximum atomic E-state index is 13.1. The first-order valence-electron chi connectivity index (χ1n) is 7.17. The number of hydrogen-bond acceptors (Lipinski definition) is 4. The molecule has 0 aliphatic carbocycles. The van der Waals surface area contributed by atoms with Gasteiger partial charge < -0.3 is 0 Å². The second kappa shape index (κ2) is 6.78. The summed E-state index contributed by atoms with van der Waals surface area (Å²) in [4.78, 5) is -0.0607. The van der Waals surface area contributed by atoms with E-state index in [1.54, 1.807) is 37.3 Å². The van der Waals surface area contributed by atoms with Crippen molar-refractivity contribution in [3.8, 4) is 0 Å². The van der Waals surface area contributed by atoms with E-state index < -0.39 is 19.9 Å². The second-order valence-electron chi connectivity index (χ2n) is 5.36. The molecule has 0 unspecified atom stereocenters. The van der Waals surface area contributed by atoms with E-state index in [4.69, 9.17) is 0 Å². The Bertz CT molecular complexity index is 949. The quantitative estimate of drug-likeness (QED) is 0.738. The summed E-state index contributed by atoms with van der Waals surface area (Å²) in [6.45, 7) is 5.32. The van der Waals surface area contributed by atoms with E-state index in [0.717, 1.165) is 6.26 Å². The molecule has 0 heterocycles. The summed E-state index contributed by atoms with van der Waals surface area (Å²) in [5.41, 5.74) is 0.967. The predicted octanol–water partition coefficient (Wildman–Crippen LogP) is 2.78. The Hall–Kier alpha value is -2.12. The standard InChI is InChI=1S/C17H19NO4S2/c1-4-12-18(15-8-6-5-7-9-15)24(21,22)17-13-16(23(3,19)20)11-10-14(17)2/h4-11,13H,1,12H2,2-3H3. The van der Waals surface area contributed by atoms with Crippen LogP contribution in [0.3, 0.4) is 0 Å². The summed E-state index contributed by atoms with van der Waals surface area (Å²) in [5, 5.41) is 0. The summed E-state index contributed by atoms with van der Waals surface area (Å²) < 4.78 is 50.9. The zero-order valence-electron chi connectivity index (χ0n) is 13.5. The van der Waals surface area contributed by atoms with Crippen molar-refractivity contribution in [2.75, 3.05) is 17.1 Å². The van der Waals surface area contributed by atoms with Crippen LogP contribution in [0, 0.1) is 6.92 Å². The van der Waals surface area contributed by atoms with Crippen LogP contribution in [0.15, 0.2) is 71.0 Å². The molecule has 0 amide bonds. The normalized spacial score (nSPS) is 11.9. The van der Waals surface area contributed by atoms with Crippen LogP contribution in [0.1, 0.15) is 5.56 Å². The number of sulfonamides is 1. The number of aryl methyl sites for hydroxylation is 1. The van der Waals surface area contributed by atoms with Gasteiger partial charge in [0.15, 0.2) is 9.84 Å². The van der Waals surface area contributed by atoms with Gasteiger partial charge in [0.25, 0.3) is 10.0 Å². The molecule has 2 aromatic rings. The molecular formula is C17H19NO4S2. The van der Waals surface area contributed by atoms with E-state index in [1.165, 1.54) is 28.6 Å².